The summed E-state index contributed by atoms with van der Waals surface area (Å²) < 4.78 is 61.5. The number of nitrogens with two attached hydrogens (primary N) is 1. The Morgan fingerprint density at radius 3 is 2.39 bits per heavy atom. The van der Waals surface area contributed by atoms with Crippen LogP contribution in [0.15, 0.2) is 85.1 Å². The number of imidazole rings is 1. The van der Waals surface area contributed by atoms with Crippen molar-refractivity contribution in [2.24, 2.45) is 0 Å². The highest BCUT2D eigenvalue weighted by molar-refractivity contribution is 5.79. The Labute approximate surface area is 215 Å². The van der Waals surface area contributed by atoms with Crippen LogP contribution in [0.4, 0.5) is 29.2 Å². The van der Waals surface area contributed by atoms with Crippen LogP contribution in [-0.2, 0) is 18.1 Å². The van der Waals surface area contributed by atoms with Gasteiger partial charge in [0.25, 0.3) is 0 Å². The lowest BCUT2D eigenvalue weighted by Crippen LogP contribution is -2.40. The highest BCUT2D eigenvalue weighted by Crippen LogP contribution is 2.40. The Kier molecular flexibility index (Phi) is 6.40. The lowest BCUT2D eigenvalue weighted by Gasteiger charge is -2.36. The molecule has 0 bridgehead atoms. The van der Waals surface area contributed by atoms with Crippen molar-refractivity contribution in [1.82, 2.24) is 15.0 Å². The monoisotopic (exact) mass is 521 g/mol. The van der Waals surface area contributed by atoms with Gasteiger partial charge in [0.15, 0.2) is 0 Å². The van der Waals surface area contributed by atoms with E-state index in [0.29, 0.717) is 34.2 Å². The molecule has 0 spiro atoms. The van der Waals surface area contributed by atoms with Gasteiger partial charge < -0.3 is 20.8 Å². The first kappa shape index (κ1) is 25.1. The summed E-state index contributed by atoms with van der Waals surface area (Å²) >= 11 is 0. The van der Waals surface area contributed by atoms with Crippen LogP contribution < -0.4 is 15.8 Å². The van der Waals surface area contributed by atoms with E-state index in [-0.39, 0.29) is 17.9 Å². The zero-order valence-electron chi connectivity index (χ0n) is 20.2. The van der Waals surface area contributed by atoms with Crippen LogP contribution in [0, 0.1) is 5.82 Å². The van der Waals surface area contributed by atoms with Gasteiger partial charge >= 0.3 is 6.18 Å². The molecule has 0 aliphatic heterocycles. The Balaban J connectivity index is 1.76. The van der Waals surface area contributed by atoms with Crippen molar-refractivity contribution in [2.75, 3.05) is 18.2 Å². The molecule has 10 heteroatoms. The molecule has 0 aliphatic rings. The molecule has 6 nitrogen and oxygen atoms in total. The van der Waals surface area contributed by atoms with E-state index in [9.17, 15) is 17.6 Å². The molecule has 3 aromatic carbocycles. The highest BCUT2D eigenvalue weighted by atomic mass is 19.4. The summed E-state index contributed by atoms with van der Waals surface area (Å²) in [5, 5.41) is 3.28. The number of alkyl halides is 3. The molecular formula is C28H23F4N5O. The van der Waals surface area contributed by atoms with Crippen LogP contribution in [0.1, 0.15) is 22.4 Å². The number of ether oxygens (including phenoxy) is 1. The molecule has 0 saturated carbocycles. The average molecular weight is 522 g/mol. The Hall–Kier alpha value is -4.60. The van der Waals surface area contributed by atoms with Gasteiger partial charge in [0.1, 0.15) is 17.1 Å². The van der Waals surface area contributed by atoms with E-state index in [1.54, 1.807) is 30.3 Å². The summed E-state index contributed by atoms with van der Waals surface area (Å²) in [4.78, 5) is 12.2. The first-order valence-electron chi connectivity index (χ1n) is 11.6. The van der Waals surface area contributed by atoms with Gasteiger partial charge in [-0.05, 0) is 53.6 Å². The van der Waals surface area contributed by atoms with Crippen molar-refractivity contribution in [2.45, 2.75) is 18.1 Å². The molecule has 4 N–H and O–H groups in total. The van der Waals surface area contributed by atoms with Gasteiger partial charge in [0, 0.05) is 12.5 Å². The fraction of sp³-hybridized carbons (Fsp3) is 0.143. The molecule has 0 radical (unpaired) electrons. The number of aromatic nitrogens is 3. The number of nitrogens with one attached hydrogen (secondary N) is 2. The van der Waals surface area contributed by atoms with Gasteiger partial charge in [-0.25, -0.2) is 9.37 Å². The third-order valence-corrected chi connectivity index (χ3v) is 6.27. The van der Waals surface area contributed by atoms with E-state index in [2.05, 4.69) is 20.3 Å². The molecule has 1 atom stereocenters. The molecule has 38 heavy (non-hydrogen) atoms. The molecule has 0 unspecified atom stereocenters. The van der Waals surface area contributed by atoms with E-state index >= 15 is 0 Å². The van der Waals surface area contributed by atoms with E-state index < -0.39 is 23.1 Å². The SMILES string of the molecule is COc1ccc2nc(N[C@](Cc3ccccc3)(c3cc(F)cc(C(F)(F)F)c3)c3ccc(N)cn3)[nH]c2c1. The lowest BCUT2D eigenvalue weighted by molar-refractivity contribution is -0.137. The molecule has 5 aromatic rings. The number of benzene rings is 3. The Morgan fingerprint density at radius 2 is 1.71 bits per heavy atom. The van der Waals surface area contributed by atoms with Gasteiger partial charge in [0.05, 0.1) is 41.3 Å². The molecule has 0 amide bonds. The third-order valence-electron chi connectivity index (χ3n) is 6.27. The number of halogens is 4. The summed E-state index contributed by atoms with van der Waals surface area (Å²) in [6.07, 6.45) is -3.24. The number of hydrogen-bond acceptors (Lipinski definition) is 5. The first-order chi connectivity index (χ1) is 18.2. The number of anilines is 2. The summed E-state index contributed by atoms with van der Waals surface area (Å²) in [5.41, 5.74) is 6.01. The first-order valence-corrected chi connectivity index (χ1v) is 11.6. The quantitative estimate of drug-likeness (QED) is 0.219. The van der Waals surface area contributed by atoms with Crippen LogP contribution in [-0.4, -0.2) is 22.1 Å². The fourth-order valence-electron chi connectivity index (χ4n) is 4.46. The maximum absolute atomic E-state index is 14.8. The molecule has 2 aromatic heterocycles. The highest BCUT2D eigenvalue weighted by Gasteiger charge is 2.40. The average Bonchev–Trinajstić information content (AvgIpc) is 3.29. The molecule has 0 saturated heterocycles. The largest absolute Gasteiger partial charge is 0.497 e. The minimum atomic E-state index is -4.76. The van der Waals surface area contributed by atoms with E-state index in [1.807, 2.05) is 30.3 Å². The van der Waals surface area contributed by atoms with Crippen molar-refractivity contribution in [3.63, 3.8) is 0 Å². The summed E-state index contributed by atoms with van der Waals surface area (Å²) in [5.74, 6) is -0.178. The van der Waals surface area contributed by atoms with Crippen LogP contribution in [0.2, 0.25) is 0 Å². The fourth-order valence-corrected chi connectivity index (χ4v) is 4.46. The second kappa shape index (κ2) is 9.70. The van der Waals surface area contributed by atoms with Crippen molar-refractivity contribution < 1.29 is 22.3 Å². The van der Waals surface area contributed by atoms with E-state index in [4.69, 9.17) is 10.5 Å². The predicted octanol–water partition coefficient (Wildman–Crippen LogP) is 6.31. The standard InChI is InChI=1S/C28H23F4N5O/c1-38-22-8-9-23-24(14-22)36-26(35-23)37-27(15-17-5-3-2-4-6-17,25-10-7-21(33)16-34-25)18-11-19(28(30,31)32)13-20(29)12-18/h2-14,16H,15,33H2,1H3,(H2,35,36,37)/t27-/m1/s1. The number of nitrogens with zero attached hydrogens (tertiary/aromatic N) is 2. The lowest BCUT2D eigenvalue weighted by atomic mass is 9.79. The molecule has 0 fully saturated rings. The Morgan fingerprint density at radius 1 is 0.947 bits per heavy atom. The van der Waals surface area contributed by atoms with Gasteiger partial charge in [-0.1, -0.05) is 30.3 Å². The number of methoxy groups -OCH3 is 1. The van der Waals surface area contributed by atoms with Gasteiger partial charge in [-0.2, -0.15) is 13.2 Å². The third kappa shape index (κ3) is 4.97. The van der Waals surface area contributed by atoms with Gasteiger partial charge in [-0.15, -0.1) is 0 Å². The topological polar surface area (TPSA) is 88.8 Å². The van der Waals surface area contributed by atoms with Crippen LogP contribution in [0.5, 0.6) is 5.75 Å². The van der Waals surface area contributed by atoms with Crippen molar-refractivity contribution in [3.05, 3.63) is 113 Å². The number of H-pyrrole nitrogens is 1. The number of hydrogen-bond donors (Lipinski definition) is 3. The predicted molar refractivity (Wildman–Crippen MR) is 137 cm³/mol. The number of pyridine rings is 1. The van der Waals surface area contributed by atoms with Crippen molar-refractivity contribution in [1.29, 1.82) is 0 Å². The summed E-state index contributed by atoms with van der Waals surface area (Å²) in [6.45, 7) is 0. The van der Waals surface area contributed by atoms with Crippen molar-refractivity contribution in [3.8, 4) is 5.75 Å². The molecule has 0 aliphatic carbocycles. The number of nitrogen functional groups attached to an aromatic ring is 1. The zero-order chi connectivity index (χ0) is 26.9. The summed E-state index contributed by atoms with van der Waals surface area (Å²) in [7, 11) is 1.54. The van der Waals surface area contributed by atoms with Crippen molar-refractivity contribution >= 4 is 22.7 Å². The maximum Gasteiger partial charge on any atom is 0.416 e. The molecule has 194 valence electrons. The molecular weight excluding hydrogens is 498 g/mol. The minimum absolute atomic E-state index is 0.0176. The van der Waals surface area contributed by atoms with E-state index in [0.717, 1.165) is 17.7 Å². The summed E-state index contributed by atoms with van der Waals surface area (Å²) in [6, 6.07) is 20.1. The number of aromatic amines is 1. The normalized spacial score (nSPS) is 13.3. The van der Waals surface area contributed by atoms with Crippen LogP contribution in [0.25, 0.3) is 11.0 Å². The Bertz CT molecular complexity index is 1570. The van der Waals surface area contributed by atoms with Crippen LogP contribution in [0.3, 0.4) is 0 Å². The number of fused-ring (bicyclic) bond motifs is 1. The second-order valence-corrected chi connectivity index (χ2v) is 8.86. The molecule has 5 rings (SSSR count). The maximum atomic E-state index is 14.8. The van der Waals surface area contributed by atoms with Gasteiger partial charge in [-0.3, -0.25) is 4.98 Å². The number of rotatable bonds is 7. The smallest absolute Gasteiger partial charge is 0.416 e. The zero-order valence-corrected chi connectivity index (χ0v) is 20.2. The van der Waals surface area contributed by atoms with Gasteiger partial charge in [0.2, 0.25) is 5.95 Å². The van der Waals surface area contributed by atoms with Crippen LogP contribution >= 0.6 is 0 Å². The molecule has 2 heterocycles. The minimum Gasteiger partial charge on any atom is -0.497 e. The second-order valence-electron chi connectivity index (χ2n) is 8.86. The van der Waals surface area contributed by atoms with E-state index in [1.165, 1.54) is 13.3 Å².